The van der Waals surface area contributed by atoms with Gasteiger partial charge in [0.05, 0.1) is 5.69 Å². The van der Waals surface area contributed by atoms with Gasteiger partial charge in [-0.3, -0.25) is 0 Å². The molecular weight excluding hydrogens is 366 g/mol. The molecule has 0 aliphatic heterocycles. The van der Waals surface area contributed by atoms with Crippen molar-refractivity contribution in [2.24, 2.45) is 0 Å². The minimum atomic E-state index is 0.467. The maximum absolute atomic E-state index is 6.25. The van der Waals surface area contributed by atoms with Crippen molar-refractivity contribution in [1.29, 1.82) is 0 Å². The van der Waals surface area contributed by atoms with Gasteiger partial charge in [0.1, 0.15) is 12.0 Å². The number of hydrogen-bond acceptors (Lipinski definition) is 5. The molecule has 0 radical (unpaired) electrons. The number of rotatable bonds is 4. The monoisotopic (exact) mass is 383 g/mol. The van der Waals surface area contributed by atoms with Crippen LogP contribution in [0.4, 0.5) is 28.7 Å². The van der Waals surface area contributed by atoms with Crippen molar-refractivity contribution < 1.29 is 0 Å². The van der Waals surface area contributed by atoms with Crippen molar-refractivity contribution in [2.75, 3.05) is 16.4 Å². The number of halogens is 1. The third-order valence-corrected chi connectivity index (χ3v) is 4.56. The van der Waals surface area contributed by atoms with Crippen molar-refractivity contribution in [3.63, 3.8) is 0 Å². The second kappa shape index (κ2) is 6.88. The van der Waals surface area contributed by atoms with Gasteiger partial charge in [-0.05, 0) is 59.1 Å². The van der Waals surface area contributed by atoms with Gasteiger partial charge in [-0.1, -0.05) is 24.3 Å². The standard InChI is InChI=1S/C18H18BrN5/c1-11-6-5-9-14(12(11)2)23-17-16(20)18(22-10-21-17)24-15-8-4-3-7-13(15)19/h3-10H,20H2,1-2H3,(H2,21,22,23,24). The Balaban J connectivity index is 1.91. The highest BCUT2D eigenvalue weighted by atomic mass is 79.9. The molecule has 2 aromatic carbocycles. The van der Waals surface area contributed by atoms with E-state index < -0.39 is 0 Å². The minimum Gasteiger partial charge on any atom is -0.393 e. The second-order valence-electron chi connectivity index (χ2n) is 5.46. The van der Waals surface area contributed by atoms with Gasteiger partial charge in [-0.25, -0.2) is 9.97 Å². The van der Waals surface area contributed by atoms with Crippen LogP contribution in [0.5, 0.6) is 0 Å². The number of nitrogens with one attached hydrogen (secondary N) is 2. The molecular formula is C18H18BrN5. The molecule has 0 spiro atoms. The molecule has 0 amide bonds. The molecule has 0 aliphatic rings. The number of nitrogens with zero attached hydrogens (tertiary/aromatic N) is 2. The number of aromatic nitrogens is 2. The zero-order valence-electron chi connectivity index (χ0n) is 13.5. The Kier molecular flexibility index (Phi) is 4.66. The average Bonchev–Trinajstić information content (AvgIpc) is 2.57. The Labute approximate surface area is 149 Å². The molecule has 0 bridgehead atoms. The summed E-state index contributed by atoms with van der Waals surface area (Å²) in [6.45, 7) is 4.14. The molecule has 0 saturated carbocycles. The number of anilines is 5. The van der Waals surface area contributed by atoms with E-state index in [2.05, 4.69) is 56.4 Å². The smallest absolute Gasteiger partial charge is 0.159 e. The summed E-state index contributed by atoms with van der Waals surface area (Å²) < 4.78 is 0.937. The van der Waals surface area contributed by atoms with E-state index in [9.17, 15) is 0 Å². The van der Waals surface area contributed by atoms with E-state index in [-0.39, 0.29) is 0 Å². The van der Waals surface area contributed by atoms with Crippen molar-refractivity contribution in [3.05, 3.63) is 64.4 Å². The summed E-state index contributed by atoms with van der Waals surface area (Å²) in [5.41, 5.74) is 11.0. The van der Waals surface area contributed by atoms with Crippen LogP contribution in [0.25, 0.3) is 0 Å². The maximum atomic E-state index is 6.25. The Morgan fingerprint density at radius 2 is 1.50 bits per heavy atom. The summed E-state index contributed by atoms with van der Waals surface area (Å²) in [7, 11) is 0. The van der Waals surface area contributed by atoms with Crippen molar-refractivity contribution >= 4 is 44.6 Å². The lowest BCUT2D eigenvalue weighted by molar-refractivity contribution is 1.17. The quantitative estimate of drug-likeness (QED) is 0.595. The molecule has 0 aliphatic carbocycles. The van der Waals surface area contributed by atoms with Gasteiger partial charge in [0.15, 0.2) is 11.6 Å². The van der Waals surface area contributed by atoms with E-state index in [1.165, 1.54) is 11.9 Å². The third-order valence-electron chi connectivity index (χ3n) is 3.87. The zero-order valence-corrected chi connectivity index (χ0v) is 15.1. The third kappa shape index (κ3) is 3.33. The minimum absolute atomic E-state index is 0.467. The predicted molar refractivity (Wildman–Crippen MR) is 103 cm³/mol. The fourth-order valence-corrected chi connectivity index (χ4v) is 2.68. The van der Waals surface area contributed by atoms with E-state index in [0.29, 0.717) is 17.3 Å². The Morgan fingerprint density at radius 3 is 2.21 bits per heavy atom. The average molecular weight is 384 g/mol. The van der Waals surface area contributed by atoms with Crippen LogP contribution in [-0.2, 0) is 0 Å². The van der Waals surface area contributed by atoms with Crippen LogP contribution < -0.4 is 16.4 Å². The fourth-order valence-electron chi connectivity index (χ4n) is 2.30. The van der Waals surface area contributed by atoms with Gasteiger partial charge in [0.2, 0.25) is 0 Å². The van der Waals surface area contributed by atoms with Gasteiger partial charge in [-0.15, -0.1) is 0 Å². The normalized spacial score (nSPS) is 10.5. The number of hydrogen-bond donors (Lipinski definition) is 3. The largest absolute Gasteiger partial charge is 0.393 e. The fraction of sp³-hybridized carbons (Fsp3) is 0.111. The Hall–Kier alpha value is -2.60. The molecule has 0 fully saturated rings. The summed E-state index contributed by atoms with van der Waals surface area (Å²) in [6.07, 6.45) is 1.49. The van der Waals surface area contributed by atoms with Gasteiger partial charge in [0.25, 0.3) is 0 Å². The first-order valence-corrected chi connectivity index (χ1v) is 8.31. The summed E-state index contributed by atoms with van der Waals surface area (Å²) in [6, 6.07) is 13.9. The van der Waals surface area contributed by atoms with Crippen LogP contribution in [0.15, 0.2) is 53.3 Å². The highest BCUT2D eigenvalue weighted by molar-refractivity contribution is 9.10. The summed E-state index contributed by atoms with van der Waals surface area (Å²) in [5.74, 6) is 1.14. The highest BCUT2D eigenvalue weighted by Crippen LogP contribution is 2.31. The van der Waals surface area contributed by atoms with Crippen LogP contribution in [0.1, 0.15) is 11.1 Å². The second-order valence-corrected chi connectivity index (χ2v) is 6.32. The predicted octanol–water partition coefficient (Wildman–Crippen LogP) is 4.93. The van der Waals surface area contributed by atoms with Crippen LogP contribution in [-0.4, -0.2) is 9.97 Å². The number of para-hydroxylation sites is 1. The van der Waals surface area contributed by atoms with Crippen molar-refractivity contribution in [2.45, 2.75) is 13.8 Å². The molecule has 1 aromatic heterocycles. The topological polar surface area (TPSA) is 75.9 Å². The SMILES string of the molecule is Cc1cccc(Nc2ncnc(Nc3ccccc3Br)c2N)c1C. The van der Waals surface area contributed by atoms with Gasteiger partial charge in [0, 0.05) is 10.2 Å². The molecule has 1 heterocycles. The molecule has 6 heteroatoms. The van der Waals surface area contributed by atoms with Crippen molar-refractivity contribution in [3.8, 4) is 0 Å². The van der Waals surface area contributed by atoms with Crippen LogP contribution in [0, 0.1) is 13.8 Å². The lowest BCUT2D eigenvalue weighted by Gasteiger charge is -2.15. The molecule has 122 valence electrons. The molecule has 0 saturated heterocycles. The van der Waals surface area contributed by atoms with Gasteiger partial charge in [-0.2, -0.15) is 0 Å². The number of nitrogen functional groups attached to an aromatic ring is 1. The van der Waals surface area contributed by atoms with Gasteiger partial charge >= 0.3 is 0 Å². The number of aryl methyl sites for hydroxylation is 1. The molecule has 3 aromatic rings. The summed E-state index contributed by atoms with van der Waals surface area (Å²) in [4.78, 5) is 8.52. The first-order valence-electron chi connectivity index (χ1n) is 7.51. The first-order chi connectivity index (χ1) is 11.6. The van der Waals surface area contributed by atoms with Crippen LogP contribution >= 0.6 is 15.9 Å². The van der Waals surface area contributed by atoms with Gasteiger partial charge < -0.3 is 16.4 Å². The number of benzene rings is 2. The lowest BCUT2D eigenvalue weighted by atomic mass is 10.1. The molecule has 5 nitrogen and oxygen atoms in total. The zero-order chi connectivity index (χ0) is 17.1. The van der Waals surface area contributed by atoms with E-state index in [0.717, 1.165) is 21.4 Å². The van der Waals surface area contributed by atoms with E-state index in [1.54, 1.807) is 0 Å². The van der Waals surface area contributed by atoms with Crippen molar-refractivity contribution in [1.82, 2.24) is 9.97 Å². The summed E-state index contributed by atoms with van der Waals surface area (Å²) >= 11 is 3.51. The number of nitrogens with two attached hydrogens (primary N) is 1. The summed E-state index contributed by atoms with van der Waals surface area (Å²) in [5, 5.41) is 6.52. The lowest BCUT2D eigenvalue weighted by Crippen LogP contribution is -2.06. The molecule has 0 unspecified atom stereocenters. The maximum Gasteiger partial charge on any atom is 0.159 e. The first kappa shape index (κ1) is 16.3. The van der Waals surface area contributed by atoms with E-state index in [1.807, 2.05) is 36.4 Å². The van der Waals surface area contributed by atoms with Crippen LogP contribution in [0.3, 0.4) is 0 Å². The molecule has 3 rings (SSSR count). The highest BCUT2D eigenvalue weighted by Gasteiger charge is 2.11. The Bertz CT molecular complexity index is 879. The molecule has 0 atom stereocenters. The molecule has 24 heavy (non-hydrogen) atoms. The molecule has 4 N–H and O–H groups in total. The Morgan fingerprint density at radius 1 is 0.875 bits per heavy atom. The van der Waals surface area contributed by atoms with Crippen LogP contribution in [0.2, 0.25) is 0 Å². The van der Waals surface area contributed by atoms with E-state index in [4.69, 9.17) is 5.73 Å². The van der Waals surface area contributed by atoms with E-state index >= 15 is 0 Å².